The Morgan fingerprint density at radius 3 is 2.53 bits per heavy atom. The predicted molar refractivity (Wildman–Crippen MR) is 116 cm³/mol. The summed E-state index contributed by atoms with van der Waals surface area (Å²) in [4.78, 5) is 31.8. The lowest BCUT2D eigenvalue weighted by atomic mass is 10.2. The van der Waals surface area contributed by atoms with E-state index in [0.717, 1.165) is 25.4 Å². The average Bonchev–Trinajstić information content (AvgIpc) is 2.75. The summed E-state index contributed by atoms with van der Waals surface area (Å²) in [5.41, 5.74) is 0.476. The molecule has 3 rings (SSSR count). The Morgan fingerprint density at radius 1 is 1.20 bits per heavy atom. The van der Waals surface area contributed by atoms with Crippen molar-refractivity contribution >= 4 is 35.0 Å². The number of hydrogen-bond donors (Lipinski definition) is 2. The molecule has 0 atom stereocenters. The normalized spacial score (nSPS) is 14.4. The van der Waals surface area contributed by atoms with Crippen LogP contribution in [0, 0.1) is 0 Å². The van der Waals surface area contributed by atoms with E-state index in [0.29, 0.717) is 42.6 Å². The van der Waals surface area contributed by atoms with Gasteiger partial charge in [-0.05, 0) is 30.3 Å². The number of halogens is 1. The lowest BCUT2D eigenvalue weighted by Gasteiger charge is -2.35. The molecular weight excluding hydrogens is 408 g/mol. The number of amides is 1. The number of hydrogen-bond acceptors (Lipinski definition) is 6. The van der Waals surface area contributed by atoms with Gasteiger partial charge in [0.25, 0.3) is 0 Å². The molecule has 0 saturated carbocycles. The van der Waals surface area contributed by atoms with Crippen molar-refractivity contribution in [2.24, 2.45) is 0 Å². The van der Waals surface area contributed by atoms with Crippen molar-refractivity contribution in [2.45, 2.75) is 13.3 Å². The molecule has 2 aromatic rings. The number of benzene rings is 1. The molecule has 0 bridgehead atoms. The first-order valence-corrected chi connectivity index (χ1v) is 10.2. The predicted octanol–water partition coefficient (Wildman–Crippen LogP) is 2.98. The summed E-state index contributed by atoms with van der Waals surface area (Å²) in [6.45, 7) is 5.95. The lowest BCUT2D eigenvalue weighted by Crippen LogP contribution is -2.48. The summed E-state index contributed by atoms with van der Waals surface area (Å²) >= 11 is 5.87. The number of aromatic carboxylic acids is 1. The maximum atomic E-state index is 11.7. The molecule has 0 aliphatic carbocycles. The number of carbonyl (C=O) groups is 2. The fourth-order valence-electron chi connectivity index (χ4n) is 3.19. The number of nitrogens with one attached hydrogen (secondary N) is 1. The van der Waals surface area contributed by atoms with Crippen LogP contribution >= 0.6 is 11.6 Å². The molecule has 160 valence electrons. The fourth-order valence-corrected chi connectivity index (χ4v) is 3.32. The molecule has 0 spiro atoms. The Labute approximate surface area is 180 Å². The van der Waals surface area contributed by atoms with Crippen molar-refractivity contribution in [1.29, 1.82) is 0 Å². The second kappa shape index (κ2) is 10.3. The Hall–Kier alpha value is -2.84. The SMILES string of the molecule is CCC(=O)Nc1cnc(N2CCN(CCOc3ccc(Cl)cc3)CC2)c(C(=O)O)c1. The van der Waals surface area contributed by atoms with Crippen LogP contribution in [0.25, 0.3) is 0 Å². The lowest BCUT2D eigenvalue weighted by molar-refractivity contribution is -0.115. The Morgan fingerprint density at radius 2 is 1.90 bits per heavy atom. The molecule has 0 unspecified atom stereocenters. The van der Waals surface area contributed by atoms with Gasteiger partial charge in [0.1, 0.15) is 23.7 Å². The van der Waals surface area contributed by atoms with E-state index in [-0.39, 0.29) is 11.5 Å². The molecule has 1 aliphatic heterocycles. The number of anilines is 2. The highest BCUT2D eigenvalue weighted by Crippen LogP contribution is 2.23. The molecule has 1 aliphatic rings. The summed E-state index contributed by atoms with van der Waals surface area (Å²) in [7, 11) is 0. The molecule has 30 heavy (non-hydrogen) atoms. The molecule has 2 N–H and O–H groups in total. The van der Waals surface area contributed by atoms with E-state index in [9.17, 15) is 14.7 Å². The molecule has 1 fully saturated rings. The van der Waals surface area contributed by atoms with E-state index in [1.165, 1.54) is 12.3 Å². The van der Waals surface area contributed by atoms with Crippen LogP contribution in [0.1, 0.15) is 23.7 Å². The van der Waals surface area contributed by atoms with Crippen molar-refractivity contribution in [3.05, 3.63) is 47.1 Å². The van der Waals surface area contributed by atoms with Crippen molar-refractivity contribution in [3.63, 3.8) is 0 Å². The number of piperazine rings is 1. The van der Waals surface area contributed by atoms with E-state index < -0.39 is 5.97 Å². The van der Waals surface area contributed by atoms with Crippen LogP contribution in [0.4, 0.5) is 11.5 Å². The topological polar surface area (TPSA) is 95.0 Å². The highest BCUT2D eigenvalue weighted by Gasteiger charge is 2.23. The summed E-state index contributed by atoms with van der Waals surface area (Å²) in [5.74, 6) is -0.0446. The number of pyridine rings is 1. The summed E-state index contributed by atoms with van der Waals surface area (Å²) in [6.07, 6.45) is 1.81. The second-order valence-electron chi connectivity index (χ2n) is 6.93. The molecule has 2 heterocycles. The van der Waals surface area contributed by atoms with Crippen LogP contribution in [0.5, 0.6) is 5.75 Å². The van der Waals surface area contributed by atoms with E-state index in [1.807, 2.05) is 17.0 Å². The quantitative estimate of drug-likeness (QED) is 0.662. The van der Waals surface area contributed by atoms with Crippen LogP contribution in [-0.2, 0) is 4.79 Å². The molecule has 1 aromatic carbocycles. The smallest absolute Gasteiger partial charge is 0.339 e. The summed E-state index contributed by atoms with van der Waals surface area (Å²) < 4.78 is 5.74. The second-order valence-corrected chi connectivity index (χ2v) is 7.37. The van der Waals surface area contributed by atoms with Gasteiger partial charge in [-0.3, -0.25) is 9.69 Å². The Kier molecular flexibility index (Phi) is 7.48. The highest BCUT2D eigenvalue weighted by molar-refractivity contribution is 6.30. The van der Waals surface area contributed by atoms with E-state index in [2.05, 4.69) is 15.2 Å². The first kappa shape index (κ1) is 21.9. The van der Waals surface area contributed by atoms with E-state index in [1.54, 1.807) is 19.1 Å². The van der Waals surface area contributed by atoms with Gasteiger partial charge in [0.2, 0.25) is 5.91 Å². The minimum absolute atomic E-state index is 0.0865. The largest absolute Gasteiger partial charge is 0.492 e. The van der Waals surface area contributed by atoms with Gasteiger partial charge in [-0.1, -0.05) is 18.5 Å². The zero-order chi connectivity index (χ0) is 21.5. The van der Waals surface area contributed by atoms with Gasteiger partial charge in [-0.2, -0.15) is 0 Å². The molecular formula is C21H25ClN4O4. The van der Waals surface area contributed by atoms with Gasteiger partial charge >= 0.3 is 5.97 Å². The van der Waals surface area contributed by atoms with Crippen LogP contribution in [0.15, 0.2) is 36.5 Å². The first-order chi connectivity index (χ1) is 14.5. The van der Waals surface area contributed by atoms with Gasteiger partial charge in [-0.25, -0.2) is 9.78 Å². The zero-order valence-corrected chi connectivity index (χ0v) is 17.6. The number of aromatic nitrogens is 1. The van der Waals surface area contributed by atoms with Gasteiger partial charge < -0.3 is 20.1 Å². The zero-order valence-electron chi connectivity index (χ0n) is 16.8. The Balaban J connectivity index is 1.54. The van der Waals surface area contributed by atoms with Crippen LogP contribution in [-0.4, -0.2) is 66.2 Å². The highest BCUT2D eigenvalue weighted by atomic mass is 35.5. The summed E-state index contributed by atoms with van der Waals surface area (Å²) in [5, 5.41) is 12.9. The molecule has 1 aromatic heterocycles. The number of rotatable bonds is 8. The third-order valence-corrected chi connectivity index (χ3v) is 5.12. The monoisotopic (exact) mass is 432 g/mol. The van der Waals surface area contributed by atoms with Crippen LogP contribution in [0.3, 0.4) is 0 Å². The van der Waals surface area contributed by atoms with Gasteiger partial charge in [-0.15, -0.1) is 0 Å². The Bertz CT molecular complexity index is 883. The molecule has 0 radical (unpaired) electrons. The van der Waals surface area contributed by atoms with Crippen LogP contribution in [0.2, 0.25) is 5.02 Å². The minimum Gasteiger partial charge on any atom is -0.492 e. The standard InChI is InChI=1S/C21H25ClN4O4/c1-2-19(27)24-16-13-18(21(28)29)20(23-14-16)26-9-7-25(8-10-26)11-12-30-17-5-3-15(22)4-6-17/h3-6,13-14H,2,7-12H2,1H3,(H,24,27)(H,28,29). The molecule has 9 heteroatoms. The summed E-state index contributed by atoms with van der Waals surface area (Å²) in [6, 6.07) is 8.73. The average molecular weight is 433 g/mol. The third-order valence-electron chi connectivity index (χ3n) is 4.86. The molecule has 1 saturated heterocycles. The van der Waals surface area contributed by atoms with Crippen molar-refractivity contribution < 1.29 is 19.4 Å². The third kappa shape index (κ3) is 5.84. The number of ether oxygens (including phenoxy) is 1. The van der Waals surface area contributed by atoms with Crippen LogP contribution < -0.4 is 15.0 Å². The molecule has 8 nitrogen and oxygen atoms in total. The maximum absolute atomic E-state index is 11.7. The minimum atomic E-state index is -1.07. The molecule has 1 amide bonds. The van der Waals surface area contributed by atoms with Crippen molar-refractivity contribution in [3.8, 4) is 5.75 Å². The van der Waals surface area contributed by atoms with E-state index >= 15 is 0 Å². The number of carboxylic acid groups (broad SMARTS) is 1. The number of nitrogens with zero attached hydrogens (tertiary/aromatic N) is 3. The maximum Gasteiger partial charge on any atom is 0.339 e. The van der Waals surface area contributed by atoms with E-state index in [4.69, 9.17) is 16.3 Å². The first-order valence-electron chi connectivity index (χ1n) is 9.85. The number of carbonyl (C=O) groups excluding carboxylic acids is 1. The number of carboxylic acids is 1. The fraction of sp³-hybridized carbons (Fsp3) is 0.381. The van der Waals surface area contributed by atoms with Crippen molar-refractivity contribution in [2.75, 3.05) is 49.5 Å². The van der Waals surface area contributed by atoms with Gasteiger partial charge in [0, 0.05) is 44.2 Å². The van der Waals surface area contributed by atoms with Crippen molar-refractivity contribution in [1.82, 2.24) is 9.88 Å². The van der Waals surface area contributed by atoms with Gasteiger partial charge in [0.15, 0.2) is 0 Å². The van der Waals surface area contributed by atoms with Gasteiger partial charge in [0.05, 0.1) is 11.9 Å².